The summed E-state index contributed by atoms with van der Waals surface area (Å²) in [6.45, 7) is 5.12. The van der Waals surface area contributed by atoms with E-state index in [0.717, 1.165) is 37.3 Å². The lowest BCUT2D eigenvalue weighted by Crippen LogP contribution is -2.64. The smallest absolute Gasteiger partial charge is 0.317 e. The van der Waals surface area contributed by atoms with Gasteiger partial charge in [0, 0.05) is 19.3 Å². The van der Waals surface area contributed by atoms with Crippen molar-refractivity contribution in [3.8, 4) is 0 Å². The minimum absolute atomic E-state index is 0.135. The number of nitrogens with zero attached hydrogens (tertiary/aromatic N) is 4. The molecule has 26 heavy (non-hydrogen) atoms. The number of nitrogens with one attached hydrogen (secondary N) is 1. The van der Waals surface area contributed by atoms with E-state index >= 15 is 0 Å². The first kappa shape index (κ1) is 18.6. The van der Waals surface area contributed by atoms with Crippen molar-refractivity contribution in [2.45, 2.75) is 51.1 Å². The third-order valence-corrected chi connectivity index (χ3v) is 5.55. The van der Waals surface area contributed by atoms with Crippen LogP contribution in [0, 0.1) is 6.92 Å². The fourth-order valence-corrected chi connectivity index (χ4v) is 3.91. The highest BCUT2D eigenvalue weighted by molar-refractivity contribution is 5.85. The summed E-state index contributed by atoms with van der Waals surface area (Å²) in [5.74, 6) is -0.255. The van der Waals surface area contributed by atoms with Crippen LogP contribution in [0.15, 0.2) is 12.4 Å². The van der Waals surface area contributed by atoms with Crippen molar-refractivity contribution in [3.63, 3.8) is 0 Å². The van der Waals surface area contributed by atoms with Gasteiger partial charge in [-0.1, -0.05) is 6.42 Å². The molecule has 1 aromatic rings. The summed E-state index contributed by atoms with van der Waals surface area (Å²) in [6.07, 6.45) is 7.97. The molecule has 0 saturated carbocycles. The molecule has 1 aromatic heterocycles. The first-order chi connectivity index (χ1) is 12.5. The molecule has 0 unspecified atom stereocenters. The van der Waals surface area contributed by atoms with Crippen molar-refractivity contribution in [1.82, 2.24) is 25.1 Å². The van der Waals surface area contributed by atoms with Crippen LogP contribution in [-0.2, 0) is 11.3 Å². The lowest BCUT2D eigenvalue weighted by molar-refractivity contribution is -0.134. The van der Waals surface area contributed by atoms with Crippen molar-refractivity contribution in [3.05, 3.63) is 23.8 Å². The first-order valence-electron chi connectivity index (χ1n) is 9.36. The summed E-state index contributed by atoms with van der Waals surface area (Å²) in [6, 6.07) is -0.135. The lowest BCUT2D eigenvalue weighted by atomic mass is 9.83. The highest BCUT2D eigenvalue weighted by Gasteiger charge is 2.45. The zero-order chi connectivity index (χ0) is 18.6. The Morgan fingerprint density at radius 2 is 1.81 bits per heavy atom. The molecule has 142 valence electrons. The van der Waals surface area contributed by atoms with Gasteiger partial charge in [-0.05, 0) is 45.7 Å². The Bertz CT molecular complexity index is 634. The fourth-order valence-electron chi connectivity index (χ4n) is 3.91. The lowest BCUT2D eigenvalue weighted by Gasteiger charge is -2.48. The third kappa shape index (κ3) is 3.95. The summed E-state index contributed by atoms with van der Waals surface area (Å²) >= 11 is 0. The van der Waals surface area contributed by atoms with Crippen LogP contribution in [0.25, 0.3) is 0 Å². The molecule has 2 fully saturated rings. The predicted molar refractivity (Wildman–Crippen MR) is 97.2 cm³/mol. The van der Waals surface area contributed by atoms with E-state index < -0.39 is 5.54 Å². The van der Waals surface area contributed by atoms with E-state index in [9.17, 15) is 9.59 Å². The highest BCUT2D eigenvalue weighted by atomic mass is 16.2. The first-order valence-corrected chi connectivity index (χ1v) is 9.36. The number of carbonyl (C=O) groups is 2. The van der Waals surface area contributed by atoms with E-state index in [-0.39, 0.29) is 11.9 Å². The molecule has 0 bridgehead atoms. The number of amides is 3. The quantitative estimate of drug-likeness (QED) is 0.826. The van der Waals surface area contributed by atoms with Gasteiger partial charge in [-0.15, -0.1) is 0 Å². The van der Waals surface area contributed by atoms with Crippen molar-refractivity contribution in [2.24, 2.45) is 5.73 Å². The van der Waals surface area contributed by atoms with Crippen LogP contribution in [0.2, 0.25) is 0 Å². The number of aromatic nitrogens is 2. The molecule has 2 saturated heterocycles. The van der Waals surface area contributed by atoms with Gasteiger partial charge >= 0.3 is 6.03 Å². The minimum atomic E-state index is -0.598. The summed E-state index contributed by atoms with van der Waals surface area (Å²) < 4.78 is 0. The van der Waals surface area contributed by atoms with Crippen molar-refractivity contribution in [2.75, 3.05) is 26.2 Å². The summed E-state index contributed by atoms with van der Waals surface area (Å²) in [5.41, 5.74) is 6.76. The third-order valence-electron chi connectivity index (χ3n) is 5.55. The maximum absolute atomic E-state index is 12.4. The van der Waals surface area contributed by atoms with Gasteiger partial charge in [0.2, 0.25) is 5.91 Å². The Hall–Kier alpha value is -2.22. The highest BCUT2D eigenvalue weighted by Crippen LogP contribution is 2.31. The Kier molecular flexibility index (Phi) is 5.70. The number of nitrogens with two attached hydrogens (primary N) is 1. The zero-order valence-corrected chi connectivity index (χ0v) is 15.4. The topological polar surface area (TPSA) is 104 Å². The molecule has 0 spiro atoms. The Labute approximate surface area is 154 Å². The van der Waals surface area contributed by atoms with Gasteiger partial charge in [0.05, 0.1) is 24.1 Å². The molecule has 8 heteroatoms. The number of likely N-dealkylation sites (tertiary alicyclic amines) is 2. The normalized spacial score (nSPS) is 20.6. The zero-order valence-electron chi connectivity index (χ0n) is 15.4. The average molecular weight is 360 g/mol. The van der Waals surface area contributed by atoms with Gasteiger partial charge in [-0.3, -0.25) is 19.7 Å². The number of urea groups is 1. The average Bonchev–Trinajstić information content (AvgIpc) is 2.68. The Morgan fingerprint density at radius 1 is 1.12 bits per heavy atom. The molecule has 3 heterocycles. The largest absolute Gasteiger partial charge is 0.368 e. The number of hydrogen-bond acceptors (Lipinski definition) is 5. The van der Waals surface area contributed by atoms with E-state index in [1.807, 2.05) is 6.92 Å². The molecule has 3 N–H and O–H groups in total. The summed E-state index contributed by atoms with van der Waals surface area (Å²) in [7, 11) is 0. The number of rotatable bonds is 4. The number of hydrogen-bond donors (Lipinski definition) is 2. The second-order valence-corrected chi connectivity index (χ2v) is 7.24. The van der Waals surface area contributed by atoms with E-state index in [1.54, 1.807) is 17.3 Å². The van der Waals surface area contributed by atoms with Gasteiger partial charge in [0.1, 0.15) is 5.54 Å². The Balaban J connectivity index is 1.55. The van der Waals surface area contributed by atoms with E-state index in [2.05, 4.69) is 20.2 Å². The van der Waals surface area contributed by atoms with Crippen LogP contribution >= 0.6 is 0 Å². The van der Waals surface area contributed by atoms with E-state index in [1.165, 1.54) is 6.42 Å². The summed E-state index contributed by atoms with van der Waals surface area (Å²) in [4.78, 5) is 37.1. The maximum Gasteiger partial charge on any atom is 0.317 e. The van der Waals surface area contributed by atoms with Crippen LogP contribution in [0.3, 0.4) is 0 Å². The number of aryl methyl sites for hydroxylation is 1. The number of carbonyl (C=O) groups excluding carboxylic acids is 2. The van der Waals surface area contributed by atoms with E-state index in [4.69, 9.17) is 5.73 Å². The van der Waals surface area contributed by atoms with Crippen LogP contribution in [0.1, 0.15) is 43.5 Å². The van der Waals surface area contributed by atoms with Crippen molar-refractivity contribution >= 4 is 11.9 Å². The molecule has 2 aliphatic heterocycles. The second-order valence-electron chi connectivity index (χ2n) is 7.24. The van der Waals surface area contributed by atoms with Crippen LogP contribution < -0.4 is 11.1 Å². The monoisotopic (exact) mass is 360 g/mol. The van der Waals surface area contributed by atoms with Crippen molar-refractivity contribution in [1.29, 1.82) is 0 Å². The molecular weight excluding hydrogens is 332 g/mol. The SMILES string of the molecule is Cc1cnc(CNC(=O)N2CCC(C(N)=O)(N3CCCCC3)CC2)cn1. The minimum Gasteiger partial charge on any atom is -0.368 e. The van der Waals surface area contributed by atoms with Crippen LogP contribution in [0.5, 0.6) is 0 Å². The fraction of sp³-hybridized carbons (Fsp3) is 0.667. The molecule has 8 nitrogen and oxygen atoms in total. The van der Waals surface area contributed by atoms with Crippen LogP contribution in [-0.4, -0.2) is 63.4 Å². The number of piperidine rings is 2. The molecule has 0 aromatic carbocycles. The molecule has 3 amide bonds. The molecule has 3 rings (SSSR count). The van der Waals surface area contributed by atoms with Gasteiger partial charge in [-0.25, -0.2) is 4.79 Å². The predicted octanol–water partition coefficient (Wildman–Crippen LogP) is 0.800. The standard InChI is InChI=1S/C18H28N6O2/c1-14-11-21-15(12-20-14)13-22-17(26)23-9-5-18(6-10-23,16(19)25)24-7-3-2-4-8-24/h11-12H,2-10,13H2,1H3,(H2,19,25)(H,22,26). The second kappa shape index (κ2) is 7.99. The van der Waals surface area contributed by atoms with Crippen LogP contribution in [0.4, 0.5) is 4.79 Å². The van der Waals surface area contributed by atoms with Gasteiger partial charge < -0.3 is 16.0 Å². The Morgan fingerprint density at radius 3 is 2.38 bits per heavy atom. The van der Waals surface area contributed by atoms with Gasteiger partial charge in [0.15, 0.2) is 0 Å². The maximum atomic E-state index is 12.4. The van der Waals surface area contributed by atoms with E-state index in [0.29, 0.717) is 32.5 Å². The summed E-state index contributed by atoms with van der Waals surface area (Å²) in [5, 5.41) is 2.88. The molecular formula is C18H28N6O2. The number of primary amides is 1. The molecule has 2 aliphatic rings. The molecule has 0 aliphatic carbocycles. The van der Waals surface area contributed by atoms with Gasteiger partial charge in [0.25, 0.3) is 0 Å². The van der Waals surface area contributed by atoms with Crippen molar-refractivity contribution < 1.29 is 9.59 Å². The molecule has 0 atom stereocenters. The van der Waals surface area contributed by atoms with Gasteiger partial charge in [-0.2, -0.15) is 0 Å². The molecule has 0 radical (unpaired) electrons.